The van der Waals surface area contributed by atoms with Gasteiger partial charge in [0.05, 0.1) is 0 Å². The summed E-state index contributed by atoms with van der Waals surface area (Å²) in [7, 11) is 4.24. The molecule has 0 saturated carbocycles. The van der Waals surface area contributed by atoms with Crippen molar-refractivity contribution in [1.82, 2.24) is 9.88 Å². The molecular formula is C18H25N3. The van der Waals surface area contributed by atoms with Crippen molar-refractivity contribution >= 4 is 16.5 Å². The van der Waals surface area contributed by atoms with Gasteiger partial charge in [0.25, 0.3) is 0 Å². The van der Waals surface area contributed by atoms with Crippen LogP contribution < -0.4 is 5.73 Å². The average Bonchev–Trinajstić information content (AvgIpc) is 2.88. The molecule has 1 aromatic heterocycles. The molecule has 0 spiro atoms. The van der Waals surface area contributed by atoms with Gasteiger partial charge in [-0.25, -0.2) is 0 Å². The molecule has 3 N–H and O–H groups in total. The van der Waals surface area contributed by atoms with Gasteiger partial charge < -0.3 is 15.6 Å². The van der Waals surface area contributed by atoms with Crippen LogP contribution >= 0.6 is 0 Å². The number of nitrogens with one attached hydrogen (secondary N) is 1. The van der Waals surface area contributed by atoms with Gasteiger partial charge in [-0.2, -0.15) is 0 Å². The molecular weight excluding hydrogens is 258 g/mol. The van der Waals surface area contributed by atoms with Crippen LogP contribution in [0, 0.1) is 0 Å². The Hall–Kier alpha value is -1.58. The monoisotopic (exact) mass is 283 g/mol. The van der Waals surface area contributed by atoms with Crippen molar-refractivity contribution < 1.29 is 0 Å². The minimum absolute atomic E-state index is 0.348. The van der Waals surface area contributed by atoms with Gasteiger partial charge in [-0.15, -0.1) is 0 Å². The third kappa shape index (κ3) is 3.20. The molecule has 1 aliphatic carbocycles. The predicted molar refractivity (Wildman–Crippen MR) is 90.4 cm³/mol. The third-order valence-electron chi connectivity index (χ3n) is 4.42. The Morgan fingerprint density at radius 2 is 2.19 bits per heavy atom. The van der Waals surface area contributed by atoms with E-state index in [0.717, 1.165) is 32.2 Å². The first kappa shape index (κ1) is 14.4. The molecule has 0 fully saturated rings. The van der Waals surface area contributed by atoms with Crippen molar-refractivity contribution in [2.45, 2.75) is 31.7 Å². The van der Waals surface area contributed by atoms with E-state index in [2.05, 4.69) is 54.5 Å². The predicted octanol–water partition coefficient (Wildman–Crippen LogP) is 3.17. The van der Waals surface area contributed by atoms with Crippen LogP contribution in [0.3, 0.4) is 0 Å². The van der Waals surface area contributed by atoms with Crippen LogP contribution in [0.5, 0.6) is 0 Å². The Balaban J connectivity index is 1.89. The number of rotatable bonds is 4. The molecule has 1 aromatic carbocycles. The summed E-state index contributed by atoms with van der Waals surface area (Å²) in [5.41, 5.74) is 11.5. The smallest absolute Gasteiger partial charge is 0.0457 e. The van der Waals surface area contributed by atoms with Gasteiger partial charge in [0.2, 0.25) is 0 Å². The highest BCUT2D eigenvalue weighted by molar-refractivity contribution is 5.87. The molecule has 0 aliphatic heterocycles. The molecule has 1 heterocycles. The van der Waals surface area contributed by atoms with E-state index in [1.807, 2.05) is 0 Å². The lowest BCUT2D eigenvalue weighted by Gasteiger charge is -2.18. The number of hydrogen-bond acceptors (Lipinski definition) is 2. The van der Waals surface area contributed by atoms with Crippen LogP contribution in [-0.2, 0) is 6.42 Å². The van der Waals surface area contributed by atoms with Crippen LogP contribution in [0.2, 0.25) is 0 Å². The highest BCUT2D eigenvalue weighted by Gasteiger charge is 2.13. The Labute approximate surface area is 126 Å². The lowest BCUT2D eigenvalue weighted by Crippen LogP contribution is -2.21. The van der Waals surface area contributed by atoms with Crippen LogP contribution in [0.15, 0.2) is 30.5 Å². The van der Waals surface area contributed by atoms with Gasteiger partial charge in [-0.3, -0.25) is 0 Å². The quantitative estimate of drug-likeness (QED) is 0.905. The van der Waals surface area contributed by atoms with Crippen molar-refractivity contribution in [1.29, 1.82) is 0 Å². The summed E-state index contributed by atoms with van der Waals surface area (Å²) in [6.07, 6.45) is 8.77. The SMILES string of the molecule is CN(C)CCc1c[nH]c2ccc(C3=CCC(N)CC3)cc12. The van der Waals surface area contributed by atoms with Crippen LogP contribution in [0.4, 0.5) is 0 Å². The maximum absolute atomic E-state index is 5.99. The summed E-state index contributed by atoms with van der Waals surface area (Å²) in [4.78, 5) is 5.62. The Morgan fingerprint density at radius 1 is 1.33 bits per heavy atom. The average molecular weight is 283 g/mol. The Kier molecular flexibility index (Phi) is 4.13. The fourth-order valence-electron chi connectivity index (χ4n) is 3.05. The van der Waals surface area contributed by atoms with Gasteiger partial charge in [0.15, 0.2) is 0 Å². The first-order chi connectivity index (χ1) is 10.1. The number of H-pyrrole nitrogens is 1. The number of benzene rings is 1. The van der Waals surface area contributed by atoms with E-state index < -0.39 is 0 Å². The number of hydrogen-bond donors (Lipinski definition) is 2. The van der Waals surface area contributed by atoms with Gasteiger partial charge in [0.1, 0.15) is 0 Å². The lowest BCUT2D eigenvalue weighted by atomic mass is 9.90. The van der Waals surface area contributed by atoms with E-state index in [-0.39, 0.29) is 0 Å². The second-order valence-electron chi connectivity index (χ2n) is 6.39. The molecule has 0 amide bonds. The first-order valence-corrected chi connectivity index (χ1v) is 7.83. The van der Waals surface area contributed by atoms with Crippen molar-refractivity contribution in [3.8, 4) is 0 Å². The second kappa shape index (κ2) is 6.04. The van der Waals surface area contributed by atoms with Gasteiger partial charge in [0, 0.05) is 29.7 Å². The first-order valence-electron chi connectivity index (χ1n) is 7.83. The zero-order chi connectivity index (χ0) is 14.8. The Morgan fingerprint density at radius 3 is 2.90 bits per heavy atom. The molecule has 21 heavy (non-hydrogen) atoms. The molecule has 0 saturated heterocycles. The number of allylic oxidation sites excluding steroid dienone is 1. The minimum atomic E-state index is 0.348. The van der Waals surface area contributed by atoms with Gasteiger partial charge >= 0.3 is 0 Å². The largest absolute Gasteiger partial charge is 0.361 e. The second-order valence-corrected chi connectivity index (χ2v) is 6.39. The molecule has 3 nitrogen and oxygen atoms in total. The number of aromatic amines is 1. The summed E-state index contributed by atoms with van der Waals surface area (Å²) in [6.45, 7) is 1.08. The maximum Gasteiger partial charge on any atom is 0.0457 e. The number of nitrogens with zero attached hydrogens (tertiary/aromatic N) is 1. The van der Waals surface area contributed by atoms with Crippen LogP contribution in [-0.4, -0.2) is 36.6 Å². The van der Waals surface area contributed by atoms with E-state index in [4.69, 9.17) is 5.73 Å². The van der Waals surface area contributed by atoms with Crippen molar-refractivity contribution in [2.75, 3.05) is 20.6 Å². The zero-order valence-corrected chi connectivity index (χ0v) is 13.0. The summed E-state index contributed by atoms with van der Waals surface area (Å²) in [5.74, 6) is 0. The molecule has 1 unspecified atom stereocenters. The lowest BCUT2D eigenvalue weighted by molar-refractivity contribution is 0.414. The standard InChI is InChI=1S/C18H25N3/c1-21(2)10-9-15-12-20-18-8-5-14(11-17(15)18)13-3-6-16(19)7-4-13/h3,5,8,11-12,16,20H,4,6-7,9-10,19H2,1-2H3. The van der Waals surface area contributed by atoms with E-state index in [0.29, 0.717) is 6.04 Å². The fraction of sp³-hybridized carbons (Fsp3) is 0.444. The molecule has 3 rings (SSSR count). The molecule has 1 aliphatic rings. The normalized spacial score (nSPS) is 19.2. The van der Waals surface area contributed by atoms with E-state index in [1.165, 1.54) is 27.6 Å². The van der Waals surface area contributed by atoms with Crippen LogP contribution in [0.25, 0.3) is 16.5 Å². The summed E-state index contributed by atoms with van der Waals surface area (Å²) in [5, 5.41) is 1.37. The molecule has 3 heteroatoms. The summed E-state index contributed by atoms with van der Waals surface area (Å²) in [6, 6.07) is 7.14. The molecule has 1 atom stereocenters. The van der Waals surface area contributed by atoms with Crippen molar-refractivity contribution in [3.05, 3.63) is 41.6 Å². The molecule has 112 valence electrons. The fourth-order valence-corrected chi connectivity index (χ4v) is 3.05. The number of fused-ring (bicyclic) bond motifs is 1. The molecule has 0 radical (unpaired) electrons. The Bertz CT molecular complexity index is 652. The van der Waals surface area contributed by atoms with E-state index >= 15 is 0 Å². The van der Waals surface area contributed by atoms with Crippen molar-refractivity contribution in [3.63, 3.8) is 0 Å². The highest BCUT2D eigenvalue weighted by Crippen LogP contribution is 2.29. The number of nitrogens with two attached hydrogens (primary N) is 1. The van der Waals surface area contributed by atoms with Crippen molar-refractivity contribution in [2.24, 2.45) is 5.73 Å². The van der Waals surface area contributed by atoms with Gasteiger partial charge in [-0.1, -0.05) is 12.1 Å². The zero-order valence-electron chi connectivity index (χ0n) is 13.0. The highest BCUT2D eigenvalue weighted by atomic mass is 15.0. The molecule has 2 aromatic rings. The van der Waals surface area contributed by atoms with E-state index in [9.17, 15) is 0 Å². The number of likely N-dealkylation sites (N-methyl/N-ethyl adjacent to an activating group) is 1. The third-order valence-corrected chi connectivity index (χ3v) is 4.42. The molecule has 0 bridgehead atoms. The topological polar surface area (TPSA) is 45.0 Å². The maximum atomic E-state index is 5.99. The number of aromatic nitrogens is 1. The minimum Gasteiger partial charge on any atom is -0.361 e. The summed E-state index contributed by atoms with van der Waals surface area (Å²) >= 11 is 0. The van der Waals surface area contributed by atoms with Gasteiger partial charge in [-0.05, 0) is 68.6 Å². The van der Waals surface area contributed by atoms with Crippen LogP contribution in [0.1, 0.15) is 30.4 Å². The summed E-state index contributed by atoms with van der Waals surface area (Å²) < 4.78 is 0. The van der Waals surface area contributed by atoms with E-state index in [1.54, 1.807) is 0 Å².